The smallest absolute Gasteiger partial charge is 0.122 e. The lowest BCUT2D eigenvalue weighted by Gasteiger charge is -2.26. The number of benzene rings is 1. The first-order valence-electron chi connectivity index (χ1n) is 6.77. The third-order valence-corrected chi connectivity index (χ3v) is 4.04. The molecule has 1 aliphatic rings. The number of likely N-dealkylation sites (N-methyl/N-ethyl adjacent to an activating group) is 1. The van der Waals surface area contributed by atoms with Crippen molar-refractivity contribution in [2.45, 2.75) is 44.2 Å². The van der Waals surface area contributed by atoms with Crippen LogP contribution in [-0.2, 0) is 6.42 Å². The molecule has 1 aromatic rings. The molecule has 2 atom stereocenters. The van der Waals surface area contributed by atoms with Crippen LogP contribution in [0.25, 0.3) is 0 Å². The van der Waals surface area contributed by atoms with E-state index in [2.05, 4.69) is 18.3 Å². The molecular formula is C15H23NO2. The Morgan fingerprint density at radius 3 is 2.83 bits per heavy atom. The lowest BCUT2D eigenvalue weighted by atomic mass is 9.99. The van der Waals surface area contributed by atoms with Gasteiger partial charge < -0.3 is 15.2 Å². The standard InChI is InChI=1S/C15H23NO2/c1-3-12-6-4-5-7-14(12)18-13-8-9-15(10-13,11-17)16-2/h4-7,13,16-17H,3,8-11H2,1-2H3. The Bertz CT molecular complexity index is 388. The Balaban J connectivity index is 2.03. The van der Waals surface area contributed by atoms with E-state index >= 15 is 0 Å². The van der Waals surface area contributed by atoms with Crippen molar-refractivity contribution in [3.8, 4) is 5.75 Å². The predicted octanol–water partition coefficient (Wildman–Crippen LogP) is 2.13. The largest absolute Gasteiger partial charge is 0.490 e. The summed E-state index contributed by atoms with van der Waals surface area (Å²) in [5, 5.41) is 12.7. The van der Waals surface area contributed by atoms with Gasteiger partial charge in [0, 0.05) is 12.0 Å². The molecule has 0 amide bonds. The summed E-state index contributed by atoms with van der Waals surface area (Å²) in [6, 6.07) is 8.21. The number of aliphatic hydroxyl groups is 1. The number of hydrogen-bond acceptors (Lipinski definition) is 3. The summed E-state index contributed by atoms with van der Waals surface area (Å²) in [5.41, 5.74) is 1.11. The van der Waals surface area contributed by atoms with Gasteiger partial charge in [0.05, 0.1) is 6.61 Å². The fourth-order valence-electron chi connectivity index (χ4n) is 2.72. The molecule has 1 aliphatic carbocycles. The first kappa shape index (κ1) is 13.4. The molecule has 0 aliphatic heterocycles. The van der Waals surface area contributed by atoms with E-state index in [1.165, 1.54) is 5.56 Å². The van der Waals surface area contributed by atoms with Gasteiger partial charge in [0.2, 0.25) is 0 Å². The van der Waals surface area contributed by atoms with Crippen molar-refractivity contribution in [1.29, 1.82) is 0 Å². The average Bonchev–Trinajstić information content (AvgIpc) is 2.83. The molecule has 0 radical (unpaired) electrons. The zero-order valence-electron chi connectivity index (χ0n) is 11.3. The molecule has 0 aromatic heterocycles. The van der Waals surface area contributed by atoms with Crippen molar-refractivity contribution >= 4 is 0 Å². The molecule has 3 nitrogen and oxygen atoms in total. The zero-order chi connectivity index (χ0) is 13.0. The van der Waals surface area contributed by atoms with Gasteiger partial charge >= 0.3 is 0 Å². The van der Waals surface area contributed by atoms with E-state index in [-0.39, 0.29) is 18.2 Å². The van der Waals surface area contributed by atoms with Gasteiger partial charge in [0.15, 0.2) is 0 Å². The highest BCUT2D eigenvalue weighted by Gasteiger charge is 2.38. The van der Waals surface area contributed by atoms with Crippen LogP contribution in [0.1, 0.15) is 31.7 Å². The molecule has 2 unspecified atom stereocenters. The molecule has 2 rings (SSSR count). The van der Waals surface area contributed by atoms with Gasteiger partial charge in [-0.25, -0.2) is 0 Å². The topological polar surface area (TPSA) is 41.5 Å². The van der Waals surface area contributed by atoms with Gasteiger partial charge in [-0.3, -0.25) is 0 Å². The molecule has 1 fully saturated rings. The Kier molecular flexibility index (Phi) is 4.25. The minimum Gasteiger partial charge on any atom is -0.490 e. The van der Waals surface area contributed by atoms with Gasteiger partial charge in [0.1, 0.15) is 11.9 Å². The van der Waals surface area contributed by atoms with Crippen LogP contribution in [0.3, 0.4) is 0 Å². The Hall–Kier alpha value is -1.06. The van der Waals surface area contributed by atoms with Crippen molar-refractivity contribution < 1.29 is 9.84 Å². The van der Waals surface area contributed by atoms with Crippen molar-refractivity contribution in [3.63, 3.8) is 0 Å². The molecular weight excluding hydrogens is 226 g/mol. The van der Waals surface area contributed by atoms with Crippen LogP contribution in [-0.4, -0.2) is 30.4 Å². The molecule has 1 saturated carbocycles. The number of nitrogens with one attached hydrogen (secondary N) is 1. The van der Waals surface area contributed by atoms with Crippen LogP contribution in [0.2, 0.25) is 0 Å². The van der Waals surface area contributed by atoms with Crippen LogP contribution in [0.15, 0.2) is 24.3 Å². The Morgan fingerprint density at radius 1 is 1.44 bits per heavy atom. The third-order valence-electron chi connectivity index (χ3n) is 4.04. The first-order chi connectivity index (χ1) is 8.73. The normalized spacial score (nSPS) is 27.4. The molecule has 18 heavy (non-hydrogen) atoms. The van der Waals surface area contributed by atoms with E-state index in [0.29, 0.717) is 0 Å². The Labute approximate surface area is 109 Å². The van der Waals surface area contributed by atoms with Crippen molar-refractivity contribution in [2.75, 3.05) is 13.7 Å². The highest BCUT2D eigenvalue weighted by atomic mass is 16.5. The van der Waals surface area contributed by atoms with E-state index in [0.717, 1.165) is 31.4 Å². The zero-order valence-corrected chi connectivity index (χ0v) is 11.3. The fraction of sp³-hybridized carbons (Fsp3) is 0.600. The van der Waals surface area contributed by atoms with E-state index < -0.39 is 0 Å². The van der Waals surface area contributed by atoms with Crippen LogP contribution in [0.5, 0.6) is 5.75 Å². The van der Waals surface area contributed by atoms with E-state index in [1.807, 2.05) is 25.2 Å². The predicted molar refractivity (Wildman–Crippen MR) is 73.0 cm³/mol. The minimum absolute atomic E-state index is 0.147. The van der Waals surface area contributed by atoms with Gasteiger partial charge in [-0.1, -0.05) is 25.1 Å². The highest BCUT2D eigenvalue weighted by Crippen LogP contribution is 2.33. The second kappa shape index (κ2) is 5.72. The number of aliphatic hydroxyl groups excluding tert-OH is 1. The molecule has 0 heterocycles. The summed E-state index contributed by atoms with van der Waals surface area (Å²) >= 11 is 0. The highest BCUT2D eigenvalue weighted by molar-refractivity contribution is 5.33. The summed E-state index contributed by atoms with van der Waals surface area (Å²) in [7, 11) is 1.92. The molecule has 0 saturated heterocycles. The van der Waals surface area contributed by atoms with E-state index in [9.17, 15) is 5.11 Å². The first-order valence-corrected chi connectivity index (χ1v) is 6.77. The van der Waals surface area contributed by atoms with Crippen LogP contribution in [0.4, 0.5) is 0 Å². The maximum atomic E-state index is 9.48. The summed E-state index contributed by atoms with van der Waals surface area (Å²) in [5.74, 6) is 0.995. The van der Waals surface area contributed by atoms with E-state index in [1.54, 1.807) is 0 Å². The number of ether oxygens (including phenoxy) is 1. The molecule has 1 aromatic carbocycles. The minimum atomic E-state index is -0.147. The third kappa shape index (κ3) is 2.68. The number of rotatable bonds is 5. The summed E-state index contributed by atoms with van der Waals surface area (Å²) in [6.45, 7) is 2.32. The van der Waals surface area contributed by atoms with Gasteiger partial charge in [-0.2, -0.15) is 0 Å². The lowest BCUT2D eigenvalue weighted by molar-refractivity contribution is 0.146. The lowest BCUT2D eigenvalue weighted by Crippen LogP contribution is -2.44. The maximum Gasteiger partial charge on any atom is 0.122 e. The number of aryl methyl sites for hydroxylation is 1. The Morgan fingerprint density at radius 2 is 2.22 bits per heavy atom. The average molecular weight is 249 g/mol. The quantitative estimate of drug-likeness (QED) is 0.840. The number of para-hydroxylation sites is 1. The summed E-state index contributed by atoms with van der Waals surface area (Å²) in [4.78, 5) is 0. The second-order valence-corrected chi connectivity index (χ2v) is 5.13. The molecule has 2 N–H and O–H groups in total. The molecule has 100 valence electrons. The van der Waals surface area contributed by atoms with Gasteiger partial charge in [0.25, 0.3) is 0 Å². The van der Waals surface area contributed by atoms with Gasteiger partial charge in [-0.15, -0.1) is 0 Å². The van der Waals surface area contributed by atoms with Crippen molar-refractivity contribution in [1.82, 2.24) is 5.32 Å². The van der Waals surface area contributed by atoms with Crippen LogP contribution < -0.4 is 10.1 Å². The van der Waals surface area contributed by atoms with Crippen molar-refractivity contribution in [2.24, 2.45) is 0 Å². The number of hydrogen-bond donors (Lipinski definition) is 2. The van der Waals surface area contributed by atoms with Crippen molar-refractivity contribution in [3.05, 3.63) is 29.8 Å². The molecule has 0 bridgehead atoms. The molecule has 3 heteroatoms. The summed E-state index contributed by atoms with van der Waals surface area (Å²) in [6.07, 6.45) is 4.04. The van der Waals surface area contributed by atoms with Gasteiger partial charge in [-0.05, 0) is 37.9 Å². The summed E-state index contributed by atoms with van der Waals surface area (Å²) < 4.78 is 6.11. The van der Waals surface area contributed by atoms with E-state index in [4.69, 9.17) is 4.74 Å². The maximum absolute atomic E-state index is 9.48. The van der Waals surface area contributed by atoms with Crippen LogP contribution >= 0.6 is 0 Å². The molecule has 0 spiro atoms. The monoisotopic (exact) mass is 249 g/mol. The SMILES string of the molecule is CCc1ccccc1OC1CCC(CO)(NC)C1. The van der Waals surface area contributed by atoms with Crippen LogP contribution in [0, 0.1) is 0 Å². The fourth-order valence-corrected chi connectivity index (χ4v) is 2.72. The second-order valence-electron chi connectivity index (χ2n) is 5.13.